The van der Waals surface area contributed by atoms with Crippen molar-refractivity contribution < 1.29 is 17.9 Å². The highest BCUT2D eigenvalue weighted by molar-refractivity contribution is 4.80. The highest BCUT2D eigenvalue weighted by Gasteiger charge is 2.42. The highest BCUT2D eigenvalue weighted by Crippen LogP contribution is 2.29. The predicted octanol–water partition coefficient (Wildman–Crippen LogP) is 1.77. The molecule has 0 aliphatic carbocycles. The molecule has 0 aromatic heterocycles. The molecule has 1 fully saturated rings. The molecule has 1 nitrogen and oxygen atoms in total. The molecule has 4 heteroatoms. The first-order valence-corrected chi connectivity index (χ1v) is 3.22. The Morgan fingerprint density at radius 3 is 2.60 bits per heavy atom. The van der Waals surface area contributed by atoms with Crippen molar-refractivity contribution in [2.24, 2.45) is 0 Å². The Balaban J connectivity index is 2.45. The Labute approximate surface area is 57.2 Å². The summed E-state index contributed by atoms with van der Waals surface area (Å²) in [5, 5.41) is 0. The van der Waals surface area contributed by atoms with Crippen molar-refractivity contribution in [3.8, 4) is 0 Å². The molecule has 1 heterocycles. The van der Waals surface area contributed by atoms with Gasteiger partial charge in [0, 0.05) is 6.61 Å². The van der Waals surface area contributed by atoms with Gasteiger partial charge in [-0.05, 0) is 12.8 Å². The quantitative estimate of drug-likeness (QED) is 0.589. The maximum atomic E-state index is 12.4. The van der Waals surface area contributed by atoms with Crippen LogP contribution in [0.1, 0.15) is 12.8 Å². The summed E-state index contributed by atoms with van der Waals surface area (Å²) in [4.78, 5) is 0. The Morgan fingerprint density at radius 1 is 1.50 bits per heavy atom. The van der Waals surface area contributed by atoms with E-state index >= 15 is 0 Å². The second-order valence-corrected chi connectivity index (χ2v) is 2.40. The van der Waals surface area contributed by atoms with Gasteiger partial charge in [0.15, 0.2) is 6.67 Å². The lowest BCUT2D eigenvalue weighted by Gasteiger charge is -2.18. The van der Waals surface area contributed by atoms with Gasteiger partial charge in [0.2, 0.25) is 0 Å². The third-order valence-corrected chi connectivity index (χ3v) is 1.58. The first-order valence-electron chi connectivity index (χ1n) is 3.22. The molecule has 1 rings (SSSR count). The Morgan fingerprint density at radius 2 is 2.20 bits per heavy atom. The maximum absolute atomic E-state index is 12.4. The van der Waals surface area contributed by atoms with Gasteiger partial charge in [-0.1, -0.05) is 0 Å². The third kappa shape index (κ3) is 1.42. The van der Waals surface area contributed by atoms with Crippen LogP contribution < -0.4 is 0 Å². The van der Waals surface area contributed by atoms with Crippen molar-refractivity contribution in [1.82, 2.24) is 0 Å². The van der Waals surface area contributed by atoms with Crippen LogP contribution in [0.5, 0.6) is 0 Å². The number of halogens is 3. The summed E-state index contributed by atoms with van der Waals surface area (Å²) in [7, 11) is 0. The van der Waals surface area contributed by atoms with Crippen LogP contribution in [0.15, 0.2) is 0 Å². The topological polar surface area (TPSA) is 9.23 Å². The Hall–Kier alpha value is -0.250. The van der Waals surface area contributed by atoms with Gasteiger partial charge in [-0.15, -0.1) is 0 Å². The first kappa shape index (κ1) is 7.85. The zero-order chi connectivity index (χ0) is 7.61. The number of alkyl halides is 3. The normalized spacial score (nSPS) is 27.3. The van der Waals surface area contributed by atoms with E-state index in [1.54, 1.807) is 0 Å². The van der Waals surface area contributed by atoms with Crippen LogP contribution in [0, 0.1) is 0 Å². The Bertz CT molecular complexity index is 110. The van der Waals surface area contributed by atoms with Gasteiger partial charge < -0.3 is 4.74 Å². The summed E-state index contributed by atoms with van der Waals surface area (Å²) in [6, 6.07) is 0. The standard InChI is InChI=1S/C6H9F3O/c7-4-6(8,9)5-2-1-3-10-5/h5H,1-4H2. The molecule has 0 amide bonds. The summed E-state index contributed by atoms with van der Waals surface area (Å²) < 4.78 is 40.9. The van der Waals surface area contributed by atoms with E-state index in [-0.39, 0.29) is 6.42 Å². The highest BCUT2D eigenvalue weighted by atomic mass is 19.3. The molecular formula is C6H9F3O. The fourth-order valence-corrected chi connectivity index (χ4v) is 0.997. The molecule has 0 spiro atoms. The van der Waals surface area contributed by atoms with E-state index in [1.807, 2.05) is 0 Å². The minimum Gasteiger partial charge on any atom is -0.372 e. The number of ether oxygens (including phenoxy) is 1. The molecule has 1 atom stereocenters. The first-order chi connectivity index (χ1) is 4.67. The van der Waals surface area contributed by atoms with Crippen LogP contribution in [0.25, 0.3) is 0 Å². The molecule has 0 saturated carbocycles. The van der Waals surface area contributed by atoms with Crippen LogP contribution in [-0.4, -0.2) is 25.3 Å². The summed E-state index contributed by atoms with van der Waals surface area (Å²) in [6.45, 7) is -1.28. The smallest absolute Gasteiger partial charge is 0.301 e. The Kier molecular flexibility index (Phi) is 2.18. The van der Waals surface area contributed by atoms with Gasteiger partial charge >= 0.3 is 5.92 Å². The van der Waals surface area contributed by atoms with Crippen molar-refractivity contribution in [2.75, 3.05) is 13.3 Å². The van der Waals surface area contributed by atoms with Crippen molar-refractivity contribution in [2.45, 2.75) is 24.9 Å². The lowest BCUT2D eigenvalue weighted by molar-refractivity contribution is -0.126. The van der Waals surface area contributed by atoms with Gasteiger partial charge in [0.05, 0.1) is 0 Å². The van der Waals surface area contributed by atoms with E-state index < -0.39 is 18.7 Å². The molecule has 0 bridgehead atoms. The minimum absolute atomic E-state index is 0.275. The number of hydrogen-bond acceptors (Lipinski definition) is 1. The van der Waals surface area contributed by atoms with Gasteiger partial charge in [-0.3, -0.25) is 0 Å². The number of hydrogen-bond donors (Lipinski definition) is 0. The molecule has 1 saturated heterocycles. The molecule has 0 radical (unpaired) electrons. The molecular weight excluding hydrogens is 145 g/mol. The summed E-state index contributed by atoms with van der Waals surface area (Å²) >= 11 is 0. The zero-order valence-electron chi connectivity index (χ0n) is 5.45. The summed E-state index contributed by atoms with van der Waals surface area (Å²) in [6.07, 6.45) is -0.297. The van der Waals surface area contributed by atoms with E-state index in [1.165, 1.54) is 0 Å². The largest absolute Gasteiger partial charge is 0.372 e. The van der Waals surface area contributed by atoms with E-state index in [4.69, 9.17) is 0 Å². The molecule has 1 aliphatic heterocycles. The van der Waals surface area contributed by atoms with E-state index in [0.717, 1.165) is 0 Å². The van der Waals surface area contributed by atoms with Crippen molar-refractivity contribution in [1.29, 1.82) is 0 Å². The average molecular weight is 154 g/mol. The van der Waals surface area contributed by atoms with Crippen molar-refractivity contribution >= 4 is 0 Å². The van der Waals surface area contributed by atoms with E-state index in [0.29, 0.717) is 13.0 Å². The zero-order valence-corrected chi connectivity index (χ0v) is 5.45. The molecule has 0 N–H and O–H groups in total. The van der Waals surface area contributed by atoms with Gasteiger partial charge in [-0.2, -0.15) is 0 Å². The molecule has 1 aliphatic rings. The molecule has 10 heavy (non-hydrogen) atoms. The summed E-state index contributed by atoms with van der Waals surface area (Å²) in [5.41, 5.74) is 0. The lowest BCUT2D eigenvalue weighted by atomic mass is 10.1. The van der Waals surface area contributed by atoms with Crippen LogP contribution in [-0.2, 0) is 4.74 Å². The van der Waals surface area contributed by atoms with E-state index in [2.05, 4.69) is 4.74 Å². The molecule has 0 aromatic rings. The molecule has 0 aromatic carbocycles. The molecule has 1 unspecified atom stereocenters. The maximum Gasteiger partial charge on any atom is 0.301 e. The predicted molar refractivity (Wildman–Crippen MR) is 29.9 cm³/mol. The average Bonchev–Trinajstić information content (AvgIpc) is 2.38. The summed E-state index contributed by atoms with van der Waals surface area (Å²) in [5.74, 6) is -3.27. The lowest BCUT2D eigenvalue weighted by Crippen LogP contribution is -2.34. The van der Waals surface area contributed by atoms with Crippen LogP contribution in [0.3, 0.4) is 0 Å². The van der Waals surface area contributed by atoms with Crippen LogP contribution in [0.2, 0.25) is 0 Å². The minimum atomic E-state index is -3.27. The fourth-order valence-electron chi connectivity index (χ4n) is 0.997. The van der Waals surface area contributed by atoms with E-state index in [9.17, 15) is 13.2 Å². The third-order valence-electron chi connectivity index (χ3n) is 1.58. The second-order valence-electron chi connectivity index (χ2n) is 2.40. The molecule has 60 valence electrons. The SMILES string of the molecule is FCC(F)(F)C1CCCO1. The van der Waals surface area contributed by atoms with Crippen molar-refractivity contribution in [3.05, 3.63) is 0 Å². The van der Waals surface area contributed by atoms with Gasteiger partial charge in [0.1, 0.15) is 6.10 Å². The second kappa shape index (κ2) is 2.78. The monoisotopic (exact) mass is 154 g/mol. The van der Waals surface area contributed by atoms with Gasteiger partial charge in [-0.25, -0.2) is 13.2 Å². The van der Waals surface area contributed by atoms with Crippen molar-refractivity contribution in [3.63, 3.8) is 0 Å². The fraction of sp³-hybridized carbons (Fsp3) is 1.00. The number of rotatable bonds is 2. The van der Waals surface area contributed by atoms with Gasteiger partial charge in [0.25, 0.3) is 0 Å². The van der Waals surface area contributed by atoms with Crippen LogP contribution in [0.4, 0.5) is 13.2 Å². The van der Waals surface area contributed by atoms with Crippen LogP contribution >= 0.6 is 0 Å².